The molecule has 134 valence electrons. The summed E-state index contributed by atoms with van der Waals surface area (Å²) in [5.41, 5.74) is 8.81. The lowest BCUT2D eigenvalue weighted by Crippen LogP contribution is -2.06. The number of fused-ring (bicyclic) bond motifs is 1. The number of aromatic nitrogens is 4. The highest BCUT2D eigenvalue weighted by atomic mass is 16.6. The van der Waals surface area contributed by atoms with E-state index in [1.807, 2.05) is 31.2 Å². The average Bonchev–Trinajstić information content (AvgIpc) is 3.01. The SMILES string of the molecule is Cc1ccc([N+](=O)[O-])cc1Nc1nc2ccccc2n1-c1cc(N)ncn1. The summed E-state index contributed by atoms with van der Waals surface area (Å²) in [6.07, 6.45) is 1.38. The highest BCUT2D eigenvalue weighted by Crippen LogP contribution is 2.29. The van der Waals surface area contributed by atoms with Crippen LogP contribution in [0.15, 0.2) is 54.9 Å². The third-order valence-electron chi connectivity index (χ3n) is 4.14. The summed E-state index contributed by atoms with van der Waals surface area (Å²) in [5, 5.41) is 14.3. The first-order chi connectivity index (χ1) is 13.0. The Hall–Kier alpha value is -4.01. The van der Waals surface area contributed by atoms with Gasteiger partial charge < -0.3 is 11.1 Å². The number of hydrogen-bond acceptors (Lipinski definition) is 7. The minimum absolute atomic E-state index is 0.00274. The molecule has 0 spiro atoms. The van der Waals surface area contributed by atoms with Crippen LogP contribution in [0.3, 0.4) is 0 Å². The molecule has 2 aromatic carbocycles. The lowest BCUT2D eigenvalue weighted by atomic mass is 10.2. The first-order valence-electron chi connectivity index (χ1n) is 8.10. The van der Waals surface area contributed by atoms with E-state index in [0.29, 0.717) is 23.3 Å². The standard InChI is InChI=1S/C18H15N7O2/c1-11-6-7-12(25(26)27)8-14(11)23-18-22-13-4-2-3-5-15(13)24(18)17-9-16(19)20-10-21-17/h2-10H,1H3,(H,22,23)(H2,19,20,21). The normalized spacial score (nSPS) is 10.9. The molecule has 4 rings (SSSR count). The van der Waals surface area contributed by atoms with E-state index in [0.717, 1.165) is 16.6 Å². The summed E-state index contributed by atoms with van der Waals surface area (Å²) in [5.74, 6) is 1.34. The summed E-state index contributed by atoms with van der Waals surface area (Å²) in [7, 11) is 0. The molecule has 9 nitrogen and oxygen atoms in total. The Labute approximate surface area is 153 Å². The van der Waals surface area contributed by atoms with Crippen LogP contribution in [0.1, 0.15) is 5.56 Å². The largest absolute Gasteiger partial charge is 0.384 e. The van der Waals surface area contributed by atoms with Crippen LogP contribution < -0.4 is 11.1 Å². The molecule has 0 unspecified atom stereocenters. The van der Waals surface area contributed by atoms with Crippen LogP contribution in [-0.4, -0.2) is 24.4 Å². The summed E-state index contributed by atoms with van der Waals surface area (Å²) >= 11 is 0. The third kappa shape index (κ3) is 3.01. The molecule has 2 aromatic heterocycles. The van der Waals surface area contributed by atoms with E-state index < -0.39 is 4.92 Å². The fourth-order valence-corrected chi connectivity index (χ4v) is 2.80. The van der Waals surface area contributed by atoms with Crippen molar-refractivity contribution in [1.29, 1.82) is 0 Å². The number of nitrogens with two attached hydrogens (primary N) is 1. The highest BCUT2D eigenvalue weighted by molar-refractivity contribution is 5.82. The number of nitro groups is 1. The Morgan fingerprint density at radius 3 is 2.74 bits per heavy atom. The summed E-state index contributed by atoms with van der Waals surface area (Å²) in [4.78, 5) is 23.5. The van der Waals surface area contributed by atoms with Gasteiger partial charge in [0.25, 0.3) is 5.69 Å². The van der Waals surface area contributed by atoms with E-state index in [-0.39, 0.29) is 5.69 Å². The molecule has 3 N–H and O–H groups in total. The molecular formula is C18H15N7O2. The van der Waals surface area contributed by atoms with E-state index in [9.17, 15) is 10.1 Å². The lowest BCUT2D eigenvalue weighted by Gasteiger charge is -2.12. The Balaban J connectivity index is 1.89. The second kappa shape index (κ2) is 6.37. The Bertz CT molecular complexity index is 1170. The van der Waals surface area contributed by atoms with Crippen LogP contribution in [0.2, 0.25) is 0 Å². The van der Waals surface area contributed by atoms with Gasteiger partial charge >= 0.3 is 0 Å². The van der Waals surface area contributed by atoms with Crippen molar-refractivity contribution in [1.82, 2.24) is 19.5 Å². The van der Waals surface area contributed by atoms with Crippen molar-refractivity contribution in [3.05, 3.63) is 70.5 Å². The number of aryl methyl sites for hydroxylation is 1. The number of para-hydroxylation sites is 2. The zero-order valence-electron chi connectivity index (χ0n) is 14.3. The van der Waals surface area contributed by atoms with E-state index in [4.69, 9.17) is 5.73 Å². The van der Waals surface area contributed by atoms with Gasteiger partial charge in [-0.25, -0.2) is 15.0 Å². The molecule has 0 fully saturated rings. The molecule has 27 heavy (non-hydrogen) atoms. The van der Waals surface area contributed by atoms with Crippen LogP contribution in [0.5, 0.6) is 0 Å². The van der Waals surface area contributed by atoms with Crippen molar-refractivity contribution in [2.24, 2.45) is 0 Å². The van der Waals surface area contributed by atoms with Crippen molar-refractivity contribution < 1.29 is 4.92 Å². The third-order valence-corrected chi connectivity index (χ3v) is 4.14. The van der Waals surface area contributed by atoms with Crippen molar-refractivity contribution in [3.63, 3.8) is 0 Å². The van der Waals surface area contributed by atoms with Crippen LogP contribution in [0, 0.1) is 17.0 Å². The quantitative estimate of drug-likeness (QED) is 0.422. The van der Waals surface area contributed by atoms with Crippen LogP contribution in [0.25, 0.3) is 16.9 Å². The summed E-state index contributed by atoms with van der Waals surface area (Å²) < 4.78 is 1.80. The molecule has 0 saturated carbocycles. The number of hydrogen-bond donors (Lipinski definition) is 2. The fourth-order valence-electron chi connectivity index (χ4n) is 2.80. The fraction of sp³-hybridized carbons (Fsp3) is 0.0556. The highest BCUT2D eigenvalue weighted by Gasteiger charge is 2.16. The monoisotopic (exact) mass is 361 g/mol. The minimum atomic E-state index is -0.432. The molecule has 0 aliphatic heterocycles. The number of rotatable bonds is 4. The van der Waals surface area contributed by atoms with Gasteiger partial charge in [0, 0.05) is 18.2 Å². The lowest BCUT2D eigenvalue weighted by molar-refractivity contribution is -0.384. The van der Waals surface area contributed by atoms with Crippen LogP contribution in [0.4, 0.5) is 23.1 Å². The van der Waals surface area contributed by atoms with E-state index in [1.165, 1.54) is 18.5 Å². The number of imidazole rings is 1. The smallest absolute Gasteiger partial charge is 0.271 e. The summed E-state index contributed by atoms with van der Waals surface area (Å²) in [6.45, 7) is 1.86. The molecule has 4 aromatic rings. The number of benzene rings is 2. The van der Waals surface area contributed by atoms with E-state index in [2.05, 4.69) is 20.3 Å². The molecule has 0 radical (unpaired) electrons. The Morgan fingerprint density at radius 2 is 1.96 bits per heavy atom. The minimum Gasteiger partial charge on any atom is -0.384 e. The Kier molecular flexibility index (Phi) is 3.88. The van der Waals surface area contributed by atoms with Gasteiger partial charge in [-0.3, -0.25) is 14.7 Å². The van der Waals surface area contributed by atoms with E-state index >= 15 is 0 Å². The molecular weight excluding hydrogens is 346 g/mol. The molecule has 0 amide bonds. The van der Waals surface area contributed by atoms with Crippen molar-refractivity contribution in [2.45, 2.75) is 6.92 Å². The topological polar surface area (TPSA) is 125 Å². The predicted molar refractivity (Wildman–Crippen MR) is 102 cm³/mol. The van der Waals surface area contributed by atoms with Gasteiger partial charge in [0.2, 0.25) is 5.95 Å². The van der Waals surface area contributed by atoms with Crippen LogP contribution in [-0.2, 0) is 0 Å². The average molecular weight is 361 g/mol. The number of non-ortho nitro benzene ring substituents is 1. The van der Waals surface area contributed by atoms with Crippen molar-refractivity contribution >= 4 is 34.2 Å². The molecule has 0 bridgehead atoms. The Morgan fingerprint density at radius 1 is 1.15 bits per heavy atom. The molecule has 0 atom stereocenters. The maximum absolute atomic E-state index is 11.1. The molecule has 2 heterocycles. The van der Waals surface area contributed by atoms with Crippen molar-refractivity contribution in [3.8, 4) is 5.82 Å². The van der Waals surface area contributed by atoms with Crippen LogP contribution >= 0.6 is 0 Å². The second-order valence-electron chi connectivity index (χ2n) is 5.94. The number of nitrogens with one attached hydrogen (secondary N) is 1. The maximum atomic E-state index is 11.1. The maximum Gasteiger partial charge on any atom is 0.271 e. The molecule has 0 saturated heterocycles. The van der Waals surface area contributed by atoms with E-state index in [1.54, 1.807) is 16.7 Å². The van der Waals surface area contributed by atoms with Gasteiger partial charge in [-0.2, -0.15) is 0 Å². The van der Waals surface area contributed by atoms with Gasteiger partial charge in [-0.15, -0.1) is 0 Å². The van der Waals surface area contributed by atoms with Crippen molar-refractivity contribution in [2.75, 3.05) is 11.1 Å². The first kappa shape index (κ1) is 16.5. The van der Waals surface area contributed by atoms with Gasteiger partial charge in [-0.1, -0.05) is 18.2 Å². The number of nitro benzene ring substituents is 1. The summed E-state index contributed by atoms with van der Waals surface area (Å²) in [6, 6.07) is 13.8. The second-order valence-corrected chi connectivity index (χ2v) is 5.94. The molecule has 9 heteroatoms. The number of anilines is 3. The molecule has 0 aliphatic rings. The van der Waals surface area contributed by atoms with Gasteiger partial charge in [0.05, 0.1) is 21.6 Å². The predicted octanol–water partition coefficient (Wildman–Crippen LogP) is 3.36. The zero-order chi connectivity index (χ0) is 19.0. The number of nitrogen functional groups attached to an aromatic ring is 1. The van der Waals surface area contributed by atoms with Gasteiger partial charge in [0.1, 0.15) is 18.0 Å². The first-order valence-corrected chi connectivity index (χ1v) is 8.10. The number of nitrogens with zero attached hydrogens (tertiary/aromatic N) is 5. The molecule has 0 aliphatic carbocycles. The zero-order valence-corrected chi connectivity index (χ0v) is 14.3. The van der Waals surface area contributed by atoms with Gasteiger partial charge in [-0.05, 0) is 24.6 Å². The van der Waals surface area contributed by atoms with Gasteiger partial charge in [0.15, 0.2) is 0 Å².